The Hall–Kier alpha value is -4.76. The lowest BCUT2D eigenvalue weighted by molar-refractivity contribution is -0.169. The van der Waals surface area contributed by atoms with Crippen molar-refractivity contribution in [3.8, 4) is 11.5 Å². The molecule has 14 nitrogen and oxygen atoms in total. The molecule has 1 fully saturated rings. The fourth-order valence-corrected chi connectivity index (χ4v) is 6.92. The minimum atomic E-state index is -3.04. The van der Waals surface area contributed by atoms with E-state index in [1.165, 1.54) is 43.3 Å². The van der Waals surface area contributed by atoms with Crippen LogP contribution in [0, 0.1) is 11.8 Å². The molecule has 11 N–H and O–H groups in total. The van der Waals surface area contributed by atoms with Gasteiger partial charge >= 0.3 is 0 Å². The number of likely N-dealkylation sites (N-methyl/N-ethyl adjacent to an activating group) is 1. The number of anilines is 1. The van der Waals surface area contributed by atoms with E-state index in [0.717, 1.165) is 0 Å². The third-order valence-electron chi connectivity index (χ3n) is 9.12. The van der Waals surface area contributed by atoms with Crippen LogP contribution in [0.5, 0.6) is 11.5 Å². The van der Waals surface area contributed by atoms with Crippen LogP contribution >= 0.6 is 0 Å². The van der Waals surface area contributed by atoms with Crippen molar-refractivity contribution >= 4 is 34.8 Å². The van der Waals surface area contributed by atoms with Crippen molar-refractivity contribution in [1.82, 2.24) is 4.90 Å². The number of nitrogens with zero attached hydrogens (tertiary/aromatic N) is 1. The number of hydrogen-bond acceptors (Lipinski definition) is 12. The van der Waals surface area contributed by atoms with Crippen LogP contribution in [0.2, 0.25) is 0 Å². The molecule has 0 bridgehead atoms. The van der Waals surface area contributed by atoms with Crippen LogP contribution in [-0.2, 0) is 25.6 Å². The smallest absolute Gasteiger partial charge is 0.255 e. The summed E-state index contributed by atoms with van der Waals surface area (Å²) in [5, 5.41) is 69.1. The first-order chi connectivity index (χ1) is 21.0. The van der Waals surface area contributed by atoms with Gasteiger partial charge in [0, 0.05) is 11.5 Å². The van der Waals surface area contributed by atoms with Gasteiger partial charge in [-0.05, 0) is 55.8 Å². The number of phenolic OH excluding ortho intramolecular Hbond substituents is 2. The number of aromatic hydroxyl groups is 2. The summed E-state index contributed by atoms with van der Waals surface area (Å²) in [6.45, 7) is 1.60. The van der Waals surface area contributed by atoms with Crippen molar-refractivity contribution in [2.45, 2.75) is 43.1 Å². The summed E-state index contributed by atoms with van der Waals surface area (Å²) >= 11 is 0. The highest BCUT2D eigenvalue weighted by Crippen LogP contribution is 2.56. The number of Topliss-reactive ketones (excluding diaryl/α,β-unsaturated/α-hetero) is 2. The summed E-state index contributed by atoms with van der Waals surface area (Å²) < 4.78 is 0. The maximum Gasteiger partial charge on any atom is 0.255 e. The summed E-state index contributed by atoms with van der Waals surface area (Å²) in [5.41, 5.74) is 7.31. The Balaban J connectivity index is 1.58. The van der Waals surface area contributed by atoms with Crippen molar-refractivity contribution < 1.29 is 49.8 Å². The first-order valence-corrected chi connectivity index (χ1v) is 14.1. The van der Waals surface area contributed by atoms with E-state index in [4.69, 9.17) is 11.5 Å². The van der Waals surface area contributed by atoms with Crippen LogP contribution in [-0.4, -0.2) is 96.8 Å². The number of nitrogens with one attached hydrogen (secondary N) is 1. The molecule has 238 valence electrons. The summed E-state index contributed by atoms with van der Waals surface area (Å²) in [4.78, 5) is 53.7. The number of carbonyl (C=O) groups excluding carboxylic acids is 4. The SMILES string of the molecule is C[C@H]1c2ccc(NC(=O)[C@@H](N)Cc3ccc(O)cc3)c(O)c2C(O)=C2C(=O)[C@]3(O)C(O)=C(C(N)=O)C(=O)[C@@H](N(C)C)C3C(O)C21. The molecule has 45 heavy (non-hydrogen) atoms. The van der Waals surface area contributed by atoms with Crippen LogP contribution in [0.15, 0.2) is 53.3 Å². The van der Waals surface area contributed by atoms with Crippen LogP contribution in [0.25, 0.3) is 5.76 Å². The summed E-state index contributed by atoms with van der Waals surface area (Å²) in [5.74, 6) is -10.8. The van der Waals surface area contributed by atoms with Gasteiger partial charge in [0.2, 0.25) is 11.7 Å². The Bertz CT molecular complexity index is 1700. The fourth-order valence-electron chi connectivity index (χ4n) is 6.92. The topological polar surface area (TPSA) is 257 Å². The molecule has 2 aromatic rings. The quantitative estimate of drug-likeness (QED) is 0.149. The van der Waals surface area contributed by atoms with E-state index < -0.39 is 93.3 Å². The highest BCUT2D eigenvalue weighted by molar-refractivity contribution is 6.24. The first kappa shape index (κ1) is 31.7. The first-order valence-electron chi connectivity index (χ1n) is 14.1. The number of aliphatic hydroxyl groups is 4. The average Bonchev–Trinajstić information content (AvgIpc) is 2.96. The van der Waals surface area contributed by atoms with Gasteiger partial charge < -0.3 is 47.4 Å². The Morgan fingerprint density at radius 1 is 1.04 bits per heavy atom. The molecule has 1 saturated carbocycles. The Morgan fingerprint density at radius 2 is 1.67 bits per heavy atom. The number of ketones is 2. The summed E-state index contributed by atoms with van der Waals surface area (Å²) in [7, 11) is 2.85. The lowest BCUT2D eigenvalue weighted by atomic mass is 9.54. The zero-order valence-corrected chi connectivity index (χ0v) is 24.6. The molecule has 7 atom stereocenters. The minimum Gasteiger partial charge on any atom is -0.508 e. The Kier molecular flexibility index (Phi) is 7.74. The molecule has 3 aliphatic rings. The highest BCUT2D eigenvalue weighted by atomic mass is 16.4. The van der Waals surface area contributed by atoms with E-state index in [-0.39, 0.29) is 29.0 Å². The van der Waals surface area contributed by atoms with Gasteiger partial charge in [-0.3, -0.25) is 24.1 Å². The van der Waals surface area contributed by atoms with Gasteiger partial charge in [0.05, 0.1) is 35.4 Å². The Morgan fingerprint density at radius 3 is 2.24 bits per heavy atom. The van der Waals surface area contributed by atoms with Crippen LogP contribution in [0.1, 0.15) is 29.5 Å². The maximum atomic E-state index is 14.1. The maximum absolute atomic E-state index is 14.1. The molecule has 14 heteroatoms. The van der Waals surface area contributed by atoms with Crippen molar-refractivity contribution in [2.75, 3.05) is 19.4 Å². The van der Waals surface area contributed by atoms with E-state index in [1.807, 2.05) is 0 Å². The van der Waals surface area contributed by atoms with Gasteiger partial charge in [-0.2, -0.15) is 0 Å². The number of hydrogen-bond donors (Lipinski definition) is 9. The van der Waals surface area contributed by atoms with Gasteiger partial charge in [-0.15, -0.1) is 0 Å². The predicted molar refractivity (Wildman–Crippen MR) is 159 cm³/mol. The number of primary amides is 1. The highest BCUT2D eigenvalue weighted by Gasteiger charge is 2.68. The normalized spacial score (nSPS) is 28.4. The third-order valence-corrected chi connectivity index (χ3v) is 9.12. The van der Waals surface area contributed by atoms with Crippen LogP contribution < -0.4 is 16.8 Å². The van der Waals surface area contributed by atoms with Gasteiger partial charge in [-0.25, -0.2) is 0 Å². The van der Waals surface area contributed by atoms with Gasteiger partial charge in [0.15, 0.2) is 11.4 Å². The van der Waals surface area contributed by atoms with Crippen LogP contribution in [0.4, 0.5) is 5.69 Å². The van der Waals surface area contributed by atoms with E-state index in [1.54, 1.807) is 19.1 Å². The van der Waals surface area contributed by atoms with E-state index in [2.05, 4.69) is 5.32 Å². The van der Waals surface area contributed by atoms with Crippen LogP contribution in [0.3, 0.4) is 0 Å². The van der Waals surface area contributed by atoms with E-state index >= 15 is 0 Å². The molecule has 0 aromatic heterocycles. The molecule has 5 rings (SSSR count). The monoisotopic (exact) mass is 622 g/mol. The predicted octanol–water partition coefficient (Wildman–Crippen LogP) is -0.290. The molecule has 2 amide bonds. The van der Waals surface area contributed by atoms with E-state index in [9.17, 15) is 49.8 Å². The number of rotatable bonds is 6. The second-order valence-electron chi connectivity index (χ2n) is 11.9. The third kappa shape index (κ3) is 4.64. The fraction of sp³-hybridized carbons (Fsp3) is 0.355. The molecule has 0 heterocycles. The molecular formula is C31H34N4O10. The second-order valence-corrected chi connectivity index (χ2v) is 11.9. The molecule has 0 radical (unpaired) electrons. The number of benzene rings is 2. The zero-order valence-electron chi connectivity index (χ0n) is 24.6. The van der Waals surface area contributed by atoms with Gasteiger partial charge in [0.25, 0.3) is 5.91 Å². The number of carbonyl (C=O) groups is 4. The molecule has 0 saturated heterocycles. The van der Waals surface area contributed by atoms with Crippen molar-refractivity contribution in [3.63, 3.8) is 0 Å². The van der Waals surface area contributed by atoms with Crippen molar-refractivity contribution in [3.05, 3.63) is 70.0 Å². The number of fused-ring (bicyclic) bond motifs is 3. The molecule has 0 spiro atoms. The number of phenols is 2. The number of nitrogens with two attached hydrogens (primary N) is 2. The minimum absolute atomic E-state index is 0.0433. The number of aliphatic hydroxyl groups excluding tert-OH is 3. The molecule has 0 aliphatic heterocycles. The lowest BCUT2D eigenvalue weighted by Gasteiger charge is -2.53. The van der Waals surface area contributed by atoms with E-state index in [0.29, 0.717) is 5.56 Å². The standard InChI is InChI=1S/C31H34N4O10/c1-11-14-8-9-16(34-30(44)15(32)10-12-4-6-13(36)7-5-12)23(37)18(14)24(38)19-17(11)25(39)21-22(35(2)3)26(40)20(29(33)43)28(42)31(21,45)27(19)41/h4-9,11,15,17,21-22,25,36-39,42,45H,10,32H2,1-3H3,(H2,33,43)(H,34,44)/t11-,15-,17?,21?,22-,25?,31-/m0/s1. The average molecular weight is 623 g/mol. The Labute approximate surface area is 256 Å². The summed E-state index contributed by atoms with van der Waals surface area (Å²) in [6.07, 6.45) is -1.63. The molecule has 3 aliphatic carbocycles. The lowest BCUT2D eigenvalue weighted by Crippen LogP contribution is -2.70. The van der Waals surface area contributed by atoms with Crippen molar-refractivity contribution in [2.24, 2.45) is 23.3 Å². The second kappa shape index (κ2) is 11.0. The van der Waals surface area contributed by atoms with Gasteiger partial charge in [0.1, 0.15) is 28.6 Å². The van der Waals surface area contributed by atoms with Crippen molar-refractivity contribution in [1.29, 1.82) is 0 Å². The molecular weight excluding hydrogens is 588 g/mol. The summed E-state index contributed by atoms with van der Waals surface area (Å²) in [6, 6.07) is 6.38. The van der Waals surface area contributed by atoms with Gasteiger partial charge in [-0.1, -0.05) is 25.1 Å². The largest absolute Gasteiger partial charge is 0.508 e. The molecule has 3 unspecified atom stereocenters. The zero-order chi connectivity index (χ0) is 33.3. The number of amides is 2. The molecule has 2 aromatic carbocycles.